The van der Waals surface area contributed by atoms with Crippen molar-refractivity contribution in [2.24, 2.45) is 0 Å². The zero-order chi connectivity index (χ0) is 12.9. The van der Waals surface area contributed by atoms with E-state index in [4.69, 9.17) is 0 Å². The van der Waals surface area contributed by atoms with Crippen LogP contribution in [0.3, 0.4) is 0 Å². The van der Waals surface area contributed by atoms with Gasteiger partial charge in [-0.15, -0.1) is 11.8 Å². The Morgan fingerprint density at radius 2 is 1.88 bits per heavy atom. The lowest BCUT2D eigenvalue weighted by atomic mass is 10.2. The molecule has 0 heterocycles. The molecule has 0 fully saturated rings. The third kappa shape index (κ3) is 6.71. The van der Waals surface area contributed by atoms with Gasteiger partial charge in [-0.2, -0.15) is 0 Å². The van der Waals surface area contributed by atoms with Crippen LogP contribution in [0.15, 0.2) is 29.2 Å². The van der Waals surface area contributed by atoms with Gasteiger partial charge in [0.1, 0.15) is 9.84 Å². The molecule has 1 unspecified atom stereocenters. The molecule has 0 aromatic heterocycles. The Bertz CT molecular complexity index is 437. The number of sulfone groups is 1. The summed E-state index contributed by atoms with van der Waals surface area (Å²) in [5, 5.41) is 9.64. The molecule has 0 aliphatic rings. The molecule has 0 aliphatic carbocycles. The van der Waals surface area contributed by atoms with Crippen molar-refractivity contribution in [2.45, 2.75) is 24.3 Å². The molecule has 1 aromatic rings. The lowest BCUT2D eigenvalue weighted by Gasteiger charge is -2.09. The molecule has 1 N–H and O–H groups in total. The van der Waals surface area contributed by atoms with Crippen LogP contribution in [0.5, 0.6) is 0 Å². The lowest BCUT2D eigenvalue weighted by molar-refractivity contribution is 0.196. The Hall–Kier alpha value is -0.520. The SMILES string of the molecule is Cc1ccc(SCC(O)CCS(C)(=O)=O)cc1. The first-order valence-electron chi connectivity index (χ1n) is 5.42. The third-order valence-corrected chi connectivity index (χ3v) is 4.42. The van der Waals surface area contributed by atoms with E-state index in [1.807, 2.05) is 31.2 Å². The third-order valence-electron chi connectivity index (χ3n) is 2.29. The van der Waals surface area contributed by atoms with Gasteiger partial charge in [0, 0.05) is 16.9 Å². The zero-order valence-corrected chi connectivity index (χ0v) is 11.7. The van der Waals surface area contributed by atoms with E-state index in [2.05, 4.69) is 0 Å². The van der Waals surface area contributed by atoms with Crippen LogP contribution in [0.4, 0.5) is 0 Å². The predicted octanol–water partition coefficient (Wildman–Crippen LogP) is 1.88. The summed E-state index contributed by atoms with van der Waals surface area (Å²) < 4.78 is 21.9. The molecule has 0 saturated heterocycles. The average Bonchev–Trinajstić information content (AvgIpc) is 2.25. The van der Waals surface area contributed by atoms with Crippen molar-refractivity contribution in [1.82, 2.24) is 0 Å². The maximum Gasteiger partial charge on any atom is 0.147 e. The van der Waals surface area contributed by atoms with E-state index in [0.717, 1.165) is 4.90 Å². The van der Waals surface area contributed by atoms with Gasteiger partial charge in [0.25, 0.3) is 0 Å². The van der Waals surface area contributed by atoms with E-state index in [0.29, 0.717) is 12.2 Å². The van der Waals surface area contributed by atoms with Gasteiger partial charge < -0.3 is 5.11 Å². The van der Waals surface area contributed by atoms with Crippen molar-refractivity contribution >= 4 is 21.6 Å². The molecule has 1 atom stereocenters. The quantitative estimate of drug-likeness (QED) is 0.805. The number of aryl methyl sites for hydroxylation is 1. The second kappa shape index (κ2) is 6.42. The van der Waals surface area contributed by atoms with Crippen LogP contribution in [0.2, 0.25) is 0 Å². The van der Waals surface area contributed by atoms with Gasteiger partial charge >= 0.3 is 0 Å². The molecule has 0 amide bonds. The minimum Gasteiger partial charge on any atom is -0.392 e. The average molecular weight is 274 g/mol. The summed E-state index contributed by atoms with van der Waals surface area (Å²) in [6.45, 7) is 2.02. The smallest absolute Gasteiger partial charge is 0.147 e. The molecule has 1 rings (SSSR count). The number of aliphatic hydroxyl groups is 1. The van der Waals surface area contributed by atoms with Gasteiger partial charge in [-0.25, -0.2) is 8.42 Å². The minimum absolute atomic E-state index is 0.0443. The van der Waals surface area contributed by atoms with Crippen LogP contribution in [-0.2, 0) is 9.84 Å². The second-order valence-corrected chi connectivity index (χ2v) is 7.55. The molecular weight excluding hydrogens is 256 g/mol. The number of thioether (sulfide) groups is 1. The van der Waals surface area contributed by atoms with Crippen molar-refractivity contribution < 1.29 is 13.5 Å². The van der Waals surface area contributed by atoms with E-state index < -0.39 is 15.9 Å². The van der Waals surface area contributed by atoms with E-state index in [-0.39, 0.29) is 5.75 Å². The van der Waals surface area contributed by atoms with Gasteiger partial charge in [-0.1, -0.05) is 17.7 Å². The Morgan fingerprint density at radius 1 is 1.29 bits per heavy atom. The summed E-state index contributed by atoms with van der Waals surface area (Å²) in [4.78, 5) is 1.09. The Balaban J connectivity index is 2.33. The summed E-state index contributed by atoms with van der Waals surface area (Å²) in [5.74, 6) is 0.571. The Morgan fingerprint density at radius 3 is 2.41 bits per heavy atom. The van der Waals surface area contributed by atoms with Gasteiger partial charge in [-0.05, 0) is 25.5 Å². The summed E-state index contributed by atoms with van der Waals surface area (Å²) >= 11 is 1.54. The van der Waals surface area contributed by atoms with Crippen LogP contribution >= 0.6 is 11.8 Å². The number of hydrogen-bond donors (Lipinski definition) is 1. The van der Waals surface area contributed by atoms with Crippen molar-refractivity contribution in [1.29, 1.82) is 0 Å². The van der Waals surface area contributed by atoms with E-state index in [9.17, 15) is 13.5 Å². The highest BCUT2D eigenvalue weighted by Crippen LogP contribution is 2.19. The largest absolute Gasteiger partial charge is 0.392 e. The first-order valence-corrected chi connectivity index (χ1v) is 8.47. The Labute approximate surface area is 107 Å². The fourth-order valence-electron chi connectivity index (χ4n) is 1.26. The number of aliphatic hydroxyl groups excluding tert-OH is 1. The number of hydrogen-bond acceptors (Lipinski definition) is 4. The predicted molar refractivity (Wildman–Crippen MR) is 72.2 cm³/mol. The van der Waals surface area contributed by atoms with Crippen LogP contribution in [0, 0.1) is 6.92 Å². The molecule has 0 radical (unpaired) electrons. The standard InChI is InChI=1S/C12H18O3S2/c1-10-3-5-12(6-4-10)16-9-11(13)7-8-17(2,14)15/h3-6,11,13H,7-9H2,1-2H3. The molecule has 17 heavy (non-hydrogen) atoms. The highest BCUT2D eigenvalue weighted by Gasteiger charge is 2.09. The van der Waals surface area contributed by atoms with Gasteiger partial charge in [0.2, 0.25) is 0 Å². The first kappa shape index (κ1) is 14.5. The van der Waals surface area contributed by atoms with Crippen molar-refractivity contribution in [3.63, 3.8) is 0 Å². The minimum atomic E-state index is -2.98. The molecule has 96 valence electrons. The highest BCUT2D eigenvalue weighted by molar-refractivity contribution is 7.99. The molecule has 0 spiro atoms. The topological polar surface area (TPSA) is 54.4 Å². The molecule has 3 nitrogen and oxygen atoms in total. The molecule has 0 aliphatic heterocycles. The van der Waals surface area contributed by atoms with Gasteiger partial charge in [-0.3, -0.25) is 0 Å². The van der Waals surface area contributed by atoms with E-state index in [1.165, 1.54) is 11.8 Å². The maximum absolute atomic E-state index is 10.9. The fourth-order valence-corrected chi connectivity index (χ4v) is 2.84. The van der Waals surface area contributed by atoms with E-state index >= 15 is 0 Å². The van der Waals surface area contributed by atoms with Crippen molar-refractivity contribution in [3.8, 4) is 0 Å². The monoisotopic (exact) mass is 274 g/mol. The van der Waals surface area contributed by atoms with Crippen molar-refractivity contribution in [3.05, 3.63) is 29.8 Å². The van der Waals surface area contributed by atoms with Crippen LogP contribution in [0.25, 0.3) is 0 Å². The lowest BCUT2D eigenvalue weighted by Crippen LogP contribution is -2.16. The summed E-state index contributed by atoms with van der Waals surface area (Å²) in [6.07, 6.45) is 0.917. The molecule has 1 aromatic carbocycles. The molecule has 5 heteroatoms. The number of rotatable bonds is 6. The number of benzene rings is 1. The second-order valence-electron chi connectivity index (χ2n) is 4.20. The molecular formula is C12H18O3S2. The summed E-state index contributed by atoms with van der Waals surface area (Å²) in [6, 6.07) is 8.04. The van der Waals surface area contributed by atoms with Crippen LogP contribution in [0.1, 0.15) is 12.0 Å². The highest BCUT2D eigenvalue weighted by atomic mass is 32.2. The van der Waals surface area contributed by atoms with Crippen molar-refractivity contribution in [2.75, 3.05) is 17.8 Å². The zero-order valence-electron chi connectivity index (χ0n) is 10.1. The van der Waals surface area contributed by atoms with Gasteiger partial charge in [0.05, 0.1) is 11.9 Å². The van der Waals surface area contributed by atoms with Gasteiger partial charge in [0.15, 0.2) is 0 Å². The van der Waals surface area contributed by atoms with E-state index in [1.54, 1.807) is 11.8 Å². The maximum atomic E-state index is 10.9. The van der Waals surface area contributed by atoms with Crippen LogP contribution < -0.4 is 0 Å². The summed E-state index contributed by atoms with van der Waals surface area (Å²) in [7, 11) is -2.98. The van der Waals surface area contributed by atoms with Crippen LogP contribution in [-0.4, -0.2) is 37.4 Å². The first-order chi connectivity index (χ1) is 7.87. The normalized spacial score (nSPS) is 13.6. The molecule has 0 bridgehead atoms. The Kier molecular flexibility index (Phi) is 5.49. The summed E-state index contributed by atoms with van der Waals surface area (Å²) in [5.41, 5.74) is 1.20. The fraction of sp³-hybridized carbons (Fsp3) is 0.500. The molecule has 0 saturated carbocycles.